The number of allylic oxidation sites excluding steroid dienone is 4. The van der Waals surface area contributed by atoms with Gasteiger partial charge in [0.15, 0.2) is 0 Å². The summed E-state index contributed by atoms with van der Waals surface area (Å²) < 4.78 is 4.94. The highest BCUT2D eigenvalue weighted by Crippen LogP contribution is 2.12. The molecule has 0 fully saturated rings. The summed E-state index contributed by atoms with van der Waals surface area (Å²) in [6.07, 6.45) is 9.67. The van der Waals surface area contributed by atoms with Crippen LogP contribution in [-0.2, 0) is 4.74 Å². The van der Waals surface area contributed by atoms with Crippen molar-refractivity contribution in [1.29, 1.82) is 0 Å². The van der Waals surface area contributed by atoms with Gasteiger partial charge in [-0.05, 0) is 12.3 Å². The molecule has 0 saturated carbocycles. The Morgan fingerprint density at radius 3 is 2.56 bits per heavy atom. The molecule has 1 heteroatoms. The number of hydrogen-bond acceptors (Lipinski definition) is 1. The monoisotopic (exact) mass is 124 g/mol. The van der Waals surface area contributed by atoms with Crippen molar-refractivity contribution in [1.82, 2.24) is 0 Å². The standard InChI is InChI=1S/C8H12O/c1-9-7-6-8-4-2-3-5-8/h2-5,8H,6-7H2,1H3. The molecule has 1 nitrogen and oxygen atoms in total. The van der Waals surface area contributed by atoms with Gasteiger partial charge < -0.3 is 4.74 Å². The summed E-state index contributed by atoms with van der Waals surface area (Å²) in [7, 11) is 1.74. The van der Waals surface area contributed by atoms with E-state index in [-0.39, 0.29) is 0 Å². The minimum absolute atomic E-state index is 0.630. The molecular weight excluding hydrogens is 112 g/mol. The zero-order chi connectivity index (χ0) is 6.53. The molecule has 1 aliphatic rings. The van der Waals surface area contributed by atoms with Gasteiger partial charge in [0.1, 0.15) is 0 Å². The van der Waals surface area contributed by atoms with Gasteiger partial charge in [0.2, 0.25) is 0 Å². The number of ether oxygens (including phenoxy) is 1. The molecular formula is C8H12O. The fourth-order valence-electron chi connectivity index (χ4n) is 0.924. The third-order valence-corrected chi connectivity index (χ3v) is 1.48. The minimum Gasteiger partial charge on any atom is -0.385 e. The molecule has 0 saturated heterocycles. The van der Waals surface area contributed by atoms with Gasteiger partial charge in [-0.25, -0.2) is 0 Å². The Morgan fingerprint density at radius 2 is 2.00 bits per heavy atom. The molecule has 1 rings (SSSR count). The average molecular weight is 124 g/mol. The lowest BCUT2D eigenvalue weighted by molar-refractivity contribution is 0.189. The predicted molar refractivity (Wildman–Crippen MR) is 38.3 cm³/mol. The van der Waals surface area contributed by atoms with Gasteiger partial charge in [0.05, 0.1) is 0 Å². The average Bonchev–Trinajstić information content (AvgIpc) is 2.34. The van der Waals surface area contributed by atoms with Crippen molar-refractivity contribution in [3.63, 3.8) is 0 Å². The van der Waals surface area contributed by atoms with Crippen molar-refractivity contribution in [2.75, 3.05) is 13.7 Å². The Labute approximate surface area is 56.0 Å². The molecule has 0 aromatic rings. The Balaban J connectivity index is 2.13. The van der Waals surface area contributed by atoms with Crippen molar-refractivity contribution in [3.8, 4) is 0 Å². The highest BCUT2D eigenvalue weighted by Gasteiger charge is 2.00. The molecule has 0 N–H and O–H groups in total. The maximum Gasteiger partial charge on any atom is 0.0470 e. The number of methoxy groups -OCH3 is 1. The van der Waals surface area contributed by atoms with Crippen molar-refractivity contribution >= 4 is 0 Å². The molecule has 0 atom stereocenters. The number of rotatable bonds is 3. The summed E-state index contributed by atoms with van der Waals surface area (Å²) in [5.41, 5.74) is 0. The molecule has 0 aliphatic heterocycles. The number of hydrogen-bond donors (Lipinski definition) is 0. The summed E-state index contributed by atoms with van der Waals surface area (Å²) in [4.78, 5) is 0. The summed E-state index contributed by atoms with van der Waals surface area (Å²) >= 11 is 0. The topological polar surface area (TPSA) is 9.23 Å². The Bertz CT molecular complexity index is 113. The second-order valence-electron chi connectivity index (χ2n) is 2.22. The van der Waals surface area contributed by atoms with Crippen molar-refractivity contribution in [3.05, 3.63) is 24.3 Å². The smallest absolute Gasteiger partial charge is 0.0470 e. The first-order valence-corrected chi connectivity index (χ1v) is 3.27. The van der Waals surface area contributed by atoms with Crippen LogP contribution in [0.15, 0.2) is 24.3 Å². The summed E-state index contributed by atoms with van der Waals surface area (Å²) in [6, 6.07) is 0. The lowest BCUT2D eigenvalue weighted by Gasteiger charge is -2.01. The largest absolute Gasteiger partial charge is 0.385 e. The van der Waals surface area contributed by atoms with Crippen LogP contribution in [0.5, 0.6) is 0 Å². The zero-order valence-corrected chi connectivity index (χ0v) is 5.71. The molecule has 0 amide bonds. The lowest BCUT2D eigenvalue weighted by atomic mass is 10.1. The predicted octanol–water partition coefficient (Wildman–Crippen LogP) is 1.77. The van der Waals surface area contributed by atoms with Gasteiger partial charge in [-0.3, -0.25) is 0 Å². The van der Waals surface area contributed by atoms with Crippen LogP contribution in [0.2, 0.25) is 0 Å². The summed E-state index contributed by atoms with van der Waals surface area (Å²) in [6.45, 7) is 0.860. The van der Waals surface area contributed by atoms with Crippen LogP contribution < -0.4 is 0 Å². The van der Waals surface area contributed by atoms with Gasteiger partial charge in [-0.1, -0.05) is 24.3 Å². The first kappa shape index (κ1) is 6.56. The third-order valence-electron chi connectivity index (χ3n) is 1.48. The molecule has 9 heavy (non-hydrogen) atoms. The van der Waals surface area contributed by atoms with Crippen LogP contribution in [0.4, 0.5) is 0 Å². The second-order valence-corrected chi connectivity index (χ2v) is 2.22. The molecule has 0 heterocycles. The van der Waals surface area contributed by atoms with Gasteiger partial charge in [0.25, 0.3) is 0 Å². The summed E-state index contributed by atoms with van der Waals surface area (Å²) in [5.74, 6) is 0.630. The van der Waals surface area contributed by atoms with E-state index in [4.69, 9.17) is 4.74 Å². The lowest BCUT2D eigenvalue weighted by Crippen LogP contribution is -1.95. The quantitative estimate of drug-likeness (QED) is 0.557. The van der Waals surface area contributed by atoms with Crippen LogP contribution in [0.1, 0.15) is 6.42 Å². The molecule has 0 aromatic carbocycles. The van der Waals surface area contributed by atoms with E-state index in [2.05, 4.69) is 24.3 Å². The highest BCUT2D eigenvalue weighted by atomic mass is 16.5. The van der Waals surface area contributed by atoms with Crippen LogP contribution in [0, 0.1) is 5.92 Å². The fourth-order valence-corrected chi connectivity index (χ4v) is 0.924. The van der Waals surface area contributed by atoms with E-state index in [1.807, 2.05) is 0 Å². The molecule has 0 radical (unpaired) electrons. The van der Waals surface area contributed by atoms with Crippen LogP contribution in [0.3, 0.4) is 0 Å². The normalized spacial score (nSPS) is 17.4. The van der Waals surface area contributed by atoms with Crippen molar-refractivity contribution in [2.24, 2.45) is 5.92 Å². The van der Waals surface area contributed by atoms with Gasteiger partial charge in [-0.15, -0.1) is 0 Å². The molecule has 0 aromatic heterocycles. The Morgan fingerprint density at radius 1 is 1.33 bits per heavy atom. The SMILES string of the molecule is COCCC1C=CC=C1. The van der Waals surface area contributed by atoms with Crippen LogP contribution in [-0.4, -0.2) is 13.7 Å². The summed E-state index contributed by atoms with van der Waals surface area (Å²) in [5, 5.41) is 0. The van der Waals surface area contributed by atoms with E-state index < -0.39 is 0 Å². The van der Waals surface area contributed by atoms with E-state index >= 15 is 0 Å². The van der Waals surface area contributed by atoms with Crippen LogP contribution >= 0.6 is 0 Å². The van der Waals surface area contributed by atoms with E-state index in [0.717, 1.165) is 13.0 Å². The molecule has 1 aliphatic carbocycles. The van der Waals surface area contributed by atoms with Gasteiger partial charge in [0, 0.05) is 13.7 Å². The van der Waals surface area contributed by atoms with E-state index in [0.29, 0.717) is 5.92 Å². The maximum absolute atomic E-state index is 4.94. The van der Waals surface area contributed by atoms with Gasteiger partial charge >= 0.3 is 0 Å². The van der Waals surface area contributed by atoms with Gasteiger partial charge in [-0.2, -0.15) is 0 Å². The zero-order valence-electron chi connectivity index (χ0n) is 5.71. The van der Waals surface area contributed by atoms with Crippen LogP contribution in [0.25, 0.3) is 0 Å². The second kappa shape index (κ2) is 3.46. The first-order chi connectivity index (χ1) is 4.43. The third kappa shape index (κ3) is 2.02. The molecule has 0 unspecified atom stereocenters. The Kier molecular flexibility index (Phi) is 2.52. The first-order valence-electron chi connectivity index (χ1n) is 3.27. The minimum atomic E-state index is 0.630. The molecule has 0 spiro atoms. The van der Waals surface area contributed by atoms with E-state index in [9.17, 15) is 0 Å². The maximum atomic E-state index is 4.94. The Hall–Kier alpha value is -0.560. The van der Waals surface area contributed by atoms with E-state index in [1.165, 1.54) is 0 Å². The molecule has 0 bridgehead atoms. The molecule has 50 valence electrons. The highest BCUT2D eigenvalue weighted by molar-refractivity contribution is 5.17. The van der Waals surface area contributed by atoms with E-state index in [1.54, 1.807) is 7.11 Å². The van der Waals surface area contributed by atoms with Crippen molar-refractivity contribution < 1.29 is 4.74 Å². The van der Waals surface area contributed by atoms with Crippen molar-refractivity contribution in [2.45, 2.75) is 6.42 Å². The fraction of sp³-hybridized carbons (Fsp3) is 0.500.